The van der Waals surface area contributed by atoms with E-state index in [1.807, 2.05) is 17.5 Å². The van der Waals surface area contributed by atoms with Crippen LogP contribution in [0.4, 0.5) is 5.69 Å². The number of ether oxygens (including phenoxy) is 1. The number of aromatic hydroxyl groups is 1. The van der Waals surface area contributed by atoms with Gasteiger partial charge in [0.05, 0.1) is 29.2 Å². The van der Waals surface area contributed by atoms with Crippen molar-refractivity contribution in [2.24, 2.45) is 5.10 Å². The Hall–Kier alpha value is -3.05. The molecule has 0 aliphatic heterocycles. The van der Waals surface area contributed by atoms with Crippen LogP contribution in [0.2, 0.25) is 0 Å². The molecule has 0 bridgehead atoms. The summed E-state index contributed by atoms with van der Waals surface area (Å²) in [5.74, 6) is 0.211. The number of nitrogens with one attached hydrogen (secondary N) is 1. The predicted octanol–water partition coefficient (Wildman–Crippen LogP) is 3.17. The maximum Gasteiger partial charge on any atom is 0.274 e. The van der Waals surface area contributed by atoms with Gasteiger partial charge in [0.1, 0.15) is 0 Å². The molecule has 1 aromatic carbocycles. The standard InChI is InChI=1S/C14H11N5O4S2/c1-23-10-6-9(19(21)22)5-8(12(10)20)7-15-18-13(16-17-14(18)24)11-3-2-4-25-11/h2-7,20H,1H3,(H,17,24)/b15-7-. The number of non-ortho nitro benzene ring substituents is 1. The van der Waals surface area contributed by atoms with E-state index in [9.17, 15) is 15.2 Å². The first-order valence-electron chi connectivity index (χ1n) is 6.82. The third-order valence-corrected chi connectivity index (χ3v) is 4.35. The van der Waals surface area contributed by atoms with Gasteiger partial charge >= 0.3 is 0 Å². The van der Waals surface area contributed by atoms with Gasteiger partial charge < -0.3 is 9.84 Å². The maximum atomic E-state index is 11.0. The van der Waals surface area contributed by atoms with E-state index in [-0.39, 0.29) is 27.5 Å². The van der Waals surface area contributed by atoms with Crippen molar-refractivity contribution in [1.82, 2.24) is 14.9 Å². The van der Waals surface area contributed by atoms with E-state index in [2.05, 4.69) is 15.3 Å². The van der Waals surface area contributed by atoms with Crippen molar-refractivity contribution in [1.29, 1.82) is 0 Å². The summed E-state index contributed by atoms with van der Waals surface area (Å²) in [6.45, 7) is 0. The number of nitro benzene ring substituents is 1. The van der Waals surface area contributed by atoms with Gasteiger partial charge in [0, 0.05) is 11.6 Å². The van der Waals surface area contributed by atoms with Crippen LogP contribution in [-0.4, -0.2) is 38.2 Å². The maximum absolute atomic E-state index is 11.0. The predicted molar refractivity (Wildman–Crippen MR) is 95.0 cm³/mol. The minimum atomic E-state index is -0.583. The van der Waals surface area contributed by atoms with Crippen molar-refractivity contribution >= 4 is 35.5 Å². The number of nitro groups is 1. The zero-order chi connectivity index (χ0) is 18.0. The first kappa shape index (κ1) is 16.8. The zero-order valence-electron chi connectivity index (χ0n) is 12.7. The Bertz CT molecular complexity index is 1010. The quantitative estimate of drug-likeness (QED) is 0.305. The van der Waals surface area contributed by atoms with E-state index in [1.165, 1.54) is 35.4 Å². The number of H-pyrrole nitrogens is 1. The number of aromatic amines is 1. The minimum Gasteiger partial charge on any atom is -0.504 e. The number of aromatic nitrogens is 3. The monoisotopic (exact) mass is 377 g/mol. The number of rotatable bonds is 5. The second-order valence-electron chi connectivity index (χ2n) is 4.73. The van der Waals surface area contributed by atoms with Crippen molar-refractivity contribution in [3.8, 4) is 22.2 Å². The van der Waals surface area contributed by atoms with Gasteiger partial charge in [0.25, 0.3) is 5.69 Å². The van der Waals surface area contributed by atoms with E-state index < -0.39 is 4.92 Å². The highest BCUT2D eigenvalue weighted by atomic mass is 32.1. The fourth-order valence-electron chi connectivity index (χ4n) is 2.06. The summed E-state index contributed by atoms with van der Waals surface area (Å²) in [7, 11) is 1.31. The molecule has 0 aliphatic carbocycles. The molecule has 0 atom stereocenters. The molecule has 25 heavy (non-hydrogen) atoms. The highest BCUT2D eigenvalue weighted by molar-refractivity contribution is 7.71. The van der Waals surface area contributed by atoms with Crippen molar-refractivity contribution < 1.29 is 14.8 Å². The number of thiophene rings is 1. The van der Waals surface area contributed by atoms with Gasteiger partial charge in [-0.1, -0.05) is 6.07 Å². The second kappa shape index (κ2) is 6.83. The van der Waals surface area contributed by atoms with E-state index in [0.717, 1.165) is 10.9 Å². The molecule has 0 amide bonds. The molecule has 128 valence electrons. The van der Waals surface area contributed by atoms with Crippen LogP contribution in [0.25, 0.3) is 10.7 Å². The molecule has 0 radical (unpaired) electrons. The van der Waals surface area contributed by atoms with Crippen LogP contribution in [-0.2, 0) is 0 Å². The molecule has 11 heteroatoms. The van der Waals surface area contributed by atoms with Gasteiger partial charge in [-0.25, -0.2) is 5.10 Å². The number of nitrogens with zero attached hydrogens (tertiary/aromatic N) is 4. The molecule has 0 aliphatic rings. The van der Waals surface area contributed by atoms with E-state index in [0.29, 0.717) is 5.82 Å². The van der Waals surface area contributed by atoms with E-state index in [1.54, 1.807) is 0 Å². The molecule has 2 N–H and O–H groups in total. The van der Waals surface area contributed by atoms with Gasteiger partial charge in [0.15, 0.2) is 17.3 Å². The molecule has 3 aromatic rings. The molecule has 3 rings (SSSR count). The minimum absolute atomic E-state index is 0.0232. The lowest BCUT2D eigenvalue weighted by Crippen LogP contribution is -1.97. The second-order valence-corrected chi connectivity index (χ2v) is 6.06. The van der Waals surface area contributed by atoms with E-state index in [4.69, 9.17) is 17.0 Å². The summed E-state index contributed by atoms with van der Waals surface area (Å²) in [6.07, 6.45) is 1.26. The fourth-order valence-corrected chi connectivity index (χ4v) is 2.94. The molecule has 0 fully saturated rings. The molecular weight excluding hydrogens is 366 g/mol. The van der Waals surface area contributed by atoms with Gasteiger partial charge in [-0.2, -0.15) is 14.9 Å². The van der Waals surface area contributed by atoms with Crippen LogP contribution < -0.4 is 4.74 Å². The number of hydrogen-bond donors (Lipinski definition) is 2. The number of hydrogen-bond acceptors (Lipinski definition) is 8. The Balaban J connectivity index is 2.07. The number of phenolic OH excluding ortho intramolecular Hbond substituents is 1. The topological polar surface area (TPSA) is 119 Å². The molecule has 2 aromatic heterocycles. The van der Waals surface area contributed by atoms with Crippen molar-refractivity contribution in [2.45, 2.75) is 0 Å². The van der Waals surface area contributed by atoms with Gasteiger partial charge in [-0.05, 0) is 23.7 Å². The molecule has 0 unspecified atom stereocenters. The summed E-state index contributed by atoms with van der Waals surface area (Å²) in [4.78, 5) is 11.3. The van der Waals surface area contributed by atoms with Crippen LogP contribution in [0.5, 0.6) is 11.5 Å². The van der Waals surface area contributed by atoms with Gasteiger partial charge in [0.2, 0.25) is 4.77 Å². The Labute approximate surface area is 150 Å². The fraction of sp³-hybridized carbons (Fsp3) is 0.0714. The van der Waals surface area contributed by atoms with E-state index >= 15 is 0 Å². The first-order chi connectivity index (χ1) is 12.0. The summed E-state index contributed by atoms with van der Waals surface area (Å²) in [6, 6.07) is 6.04. The third-order valence-electron chi connectivity index (χ3n) is 3.22. The first-order valence-corrected chi connectivity index (χ1v) is 8.11. The molecule has 0 spiro atoms. The number of benzene rings is 1. The highest BCUT2D eigenvalue weighted by Crippen LogP contribution is 2.33. The zero-order valence-corrected chi connectivity index (χ0v) is 14.4. The van der Waals surface area contributed by atoms with Crippen molar-refractivity contribution in [2.75, 3.05) is 7.11 Å². The Morgan fingerprint density at radius 1 is 1.56 bits per heavy atom. The van der Waals surface area contributed by atoms with Crippen LogP contribution in [0, 0.1) is 14.9 Å². The van der Waals surface area contributed by atoms with Crippen molar-refractivity contribution in [3.63, 3.8) is 0 Å². The SMILES string of the molecule is COc1cc([N+](=O)[O-])cc(/C=N\n2c(-c3cccs3)n[nH]c2=S)c1O. The summed E-state index contributed by atoms with van der Waals surface area (Å²) in [5, 5.41) is 34.0. The van der Waals surface area contributed by atoms with Crippen LogP contribution >= 0.6 is 23.6 Å². The smallest absolute Gasteiger partial charge is 0.274 e. The highest BCUT2D eigenvalue weighted by Gasteiger charge is 2.16. The summed E-state index contributed by atoms with van der Waals surface area (Å²) < 4.78 is 6.57. The summed E-state index contributed by atoms with van der Waals surface area (Å²) in [5.41, 5.74) is -0.114. The lowest BCUT2D eigenvalue weighted by molar-refractivity contribution is -0.385. The van der Waals surface area contributed by atoms with Gasteiger partial charge in [-0.3, -0.25) is 10.1 Å². The number of methoxy groups -OCH3 is 1. The van der Waals surface area contributed by atoms with Crippen molar-refractivity contribution in [3.05, 3.63) is 50.1 Å². The largest absolute Gasteiger partial charge is 0.504 e. The Kier molecular flexibility index (Phi) is 4.59. The van der Waals surface area contributed by atoms with Crippen LogP contribution in [0.3, 0.4) is 0 Å². The van der Waals surface area contributed by atoms with Crippen LogP contribution in [0.1, 0.15) is 5.56 Å². The lowest BCUT2D eigenvalue weighted by Gasteiger charge is -2.06. The summed E-state index contributed by atoms with van der Waals surface area (Å²) >= 11 is 6.61. The normalized spacial score (nSPS) is 11.1. The van der Waals surface area contributed by atoms with Gasteiger partial charge in [-0.15, -0.1) is 11.3 Å². The third kappa shape index (κ3) is 3.27. The molecule has 2 heterocycles. The molecule has 9 nitrogen and oxygen atoms in total. The Morgan fingerprint density at radius 3 is 3.00 bits per heavy atom. The van der Waals surface area contributed by atoms with Crippen LogP contribution in [0.15, 0.2) is 34.7 Å². The number of phenols is 1. The molecular formula is C14H11N5O4S2. The molecule has 0 saturated carbocycles. The average Bonchev–Trinajstić information content (AvgIpc) is 3.23. The molecule has 0 saturated heterocycles. The lowest BCUT2D eigenvalue weighted by atomic mass is 10.2. The Morgan fingerprint density at radius 2 is 2.36 bits per heavy atom. The average molecular weight is 377 g/mol.